The molecule has 1 aromatic heterocycles. The van der Waals surface area contributed by atoms with Crippen molar-refractivity contribution in [1.82, 2.24) is 4.98 Å². The van der Waals surface area contributed by atoms with Gasteiger partial charge in [0.15, 0.2) is 0 Å². The van der Waals surface area contributed by atoms with Gasteiger partial charge in [-0.3, -0.25) is 4.98 Å². The molecule has 0 amide bonds. The van der Waals surface area contributed by atoms with Crippen LogP contribution in [0.5, 0.6) is 0 Å². The summed E-state index contributed by atoms with van der Waals surface area (Å²) in [5.74, 6) is 0. The van der Waals surface area contributed by atoms with Gasteiger partial charge in [0.2, 0.25) is 0 Å². The molecule has 72 valence electrons. The molecule has 1 aromatic carbocycles. The number of nitrogens with zero attached hydrogens (tertiary/aromatic N) is 1. The molecule has 0 atom stereocenters. The molecule has 0 saturated heterocycles. The average Bonchev–Trinajstić information content (AvgIpc) is 2.19. The molecule has 0 aliphatic carbocycles. The smallest absolute Gasteiger partial charge is 0.0890 e. The van der Waals surface area contributed by atoms with Crippen LogP contribution in [-0.4, -0.2) is 4.98 Å². The SMILES string of the molecule is CCc1cc(Cl)c2nccc(C)c2c1. The highest BCUT2D eigenvalue weighted by molar-refractivity contribution is 6.35. The molecule has 0 bridgehead atoms. The van der Waals surface area contributed by atoms with Crippen LogP contribution < -0.4 is 0 Å². The lowest BCUT2D eigenvalue weighted by molar-refractivity contribution is 1.14. The van der Waals surface area contributed by atoms with Crippen LogP contribution in [0.1, 0.15) is 18.1 Å². The zero-order valence-corrected chi connectivity index (χ0v) is 9.10. The van der Waals surface area contributed by atoms with Crippen LogP contribution in [0.25, 0.3) is 10.9 Å². The molecule has 2 rings (SSSR count). The van der Waals surface area contributed by atoms with Crippen molar-refractivity contribution in [3.05, 3.63) is 40.5 Å². The van der Waals surface area contributed by atoms with E-state index in [9.17, 15) is 0 Å². The first-order valence-corrected chi connectivity index (χ1v) is 5.14. The van der Waals surface area contributed by atoms with E-state index in [4.69, 9.17) is 11.6 Å². The molecule has 0 N–H and O–H groups in total. The van der Waals surface area contributed by atoms with Crippen molar-refractivity contribution in [2.24, 2.45) is 0 Å². The van der Waals surface area contributed by atoms with Gasteiger partial charge < -0.3 is 0 Å². The number of aryl methyl sites for hydroxylation is 2. The first kappa shape index (κ1) is 9.47. The third-order valence-electron chi connectivity index (χ3n) is 2.48. The van der Waals surface area contributed by atoms with Gasteiger partial charge in [0.05, 0.1) is 10.5 Å². The zero-order chi connectivity index (χ0) is 10.1. The fourth-order valence-corrected chi connectivity index (χ4v) is 1.90. The Hall–Kier alpha value is -1.08. The minimum absolute atomic E-state index is 0.753. The maximum atomic E-state index is 6.15. The lowest BCUT2D eigenvalue weighted by atomic mass is 10.1. The summed E-state index contributed by atoms with van der Waals surface area (Å²) in [5, 5.41) is 1.92. The molecule has 0 radical (unpaired) electrons. The second-order valence-corrected chi connectivity index (χ2v) is 3.86. The fraction of sp³-hybridized carbons (Fsp3) is 0.250. The van der Waals surface area contributed by atoms with Crippen molar-refractivity contribution >= 4 is 22.5 Å². The van der Waals surface area contributed by atoms with Crippen LogP contribution in [0.4, 0.5) is 0 Å². The van der Waals surface area contributed by atoms with Gasteiger partial charge in [0.25, 0.3) is 0 Å². The van der Waals surface area contributed by atoms with Gasteiger partial charge in [-0.05, 0) is 42.7 Å². The number of rotatable bonds is 1. The minimum atomic E-state index is 0.753. The molecule has 14 heavy (non-hydrogen) atoms. The van der Waals surface area contributed by atoms with Crippen molar-refractivity contribution in [2.45, 2.75) is 20.3 Å². The van der Waals surface area contributed by atoms with Gasteiger partial charge >= 0.3 is 0 Å². The summed E-state index contributed by atoms with van der Waals surface area (Å²) in [6.45, 7) is 4.21. The molecule has 0 saturated carbocycles. The number of hydrogen-bond acceptors (Lipinski definition) is 1. The summed E-state index contributed by atoms with van der Waals surface area (Å²) >= 11 is 6.15. The molecule has 0 spiro atoms. The minimum Gasteiger partial charge on any atom is -0.255 e. The zero-order valence-electron chi connectivity index (χ0n) is 8.34. The van der Waals surface area contributed by atoms with Crippen LogP contribution >= 0.6 is 11.6 Å². The Morgan fingerprint density at radius 1 is 1.36 bits per heavy atom. The second kappa shape index (κ2) is 3.58. The van der Waals surface area contributed by atoms with E-state index in [-0.39, 0.29) is 0 Å². The van der Waals surface area contributed by atoms with Crippen LogP contribution in [0.2, 0.25) is 5.02 Å². The summed E-state index contributed by atoms with van der Waals surface area (Å²) in [7, 11) is 0. The molecule has 1 heterocycles. The van der Waals surface area contributed by atoms with Crippen molar-refractivity contribution in [1.29, 1.82) is 0 Å². The third kappa shape index (κ3) is 1.48. The number of benzene rings is 1. The highest BCUT2D eigenvalue weighted by Gasteiger charge is 2.04. The van der Waals surface area contributed by atoms with E-state index in [0.717, 1.165) is 22.3 Å². The van der Waals surface area contributed by atoms with E-state index < -0.39 is 0 Å². The molecule has 1 nitrogen and oxygen atoms in total. The third-order valence-corrected chi connectivity index (χ3v) is 2.77. The van der Waals surface area contributed by atoms with Crippen LogP contribution in [0.15, 0.2) is 24.4 Å². The summed E-state index contributed by atoms with van der Waals surface area (Å²) in [6, 6.07) is 6.18. The molecule has 2 aromatic rings. The maximum Gasteiger partial charge on any atom is 0.0890 e. The van der Waals surface area contributed by atoms with Gasteiger partial charge in [-0.2, -0.15) is 0 Å². The Morgan fingerprint density at radius 3 is 2.86 bits per heavy atom. The van der Waals surface area contributed by atoms with Crippen molar-refractivity contribution in [2.75, 3.05) is 0 Å². The lowest BCUT2D eigenvalue weighted by Crippen LogP contribution is -1.87. The van der Waals surface area contributed by atoms with E-state index in [1.54, 1.807) is 6.20 Å². The van der Waals surface area contributed by atoms with Gasteiger partial charge in [0, 0.05) is 11.6 Å². The molecule has 0 unspecified atom stereocenters. The Labute approximate surface area is 88.7 Å². The highest BCUT2D eigenvalue weighted by atomic mass is 35.5. The molecule has 2 heteroatoms. The largest absolute Gasteiger partial charge is 0.255 e. The van der Waals surface area contributed by atoms with Crippen LogP contribution in [0, 0.1) is 6.92 Å². The summed E-state index contributed by atoms with van der Waals surface area (Å²) < 4.78 is 0. The summed E-state index contributed by atoms with van der Waals surface area (Å²) in [5.41, 5.74) is 3.40. The van der Waals surface area contributed by atoms with Gasteiger partial charge in [0.1, 0.15) is 0 Å². The van der Waals surface area contributed by atoms with Crippen molar-refractivity contribution < 1.29 is 0 Å². The van der Waals surface area contributed by atoms with Crippen molar-refractivity contribution in [3.8, 4) is 0 Å². The van der Waals surface area contributed by atoms with Crippen LogP contribution in [-0.2, 0) is 6.42 Å². The number of pyridine rings is 1. The van der Waals surface area contributed by atoms with E-state index in [1.165, 1.54) is 11.1 Å². The first-order chi connectivity index (χ1) is 6.72. The highest BCUT2D eigenvalue weighted by Crippen LogP contribution is 2.25. The number of halogens is 1. The molecular formula is C12H12ClN. The molecular weight excluding hydrogens is 194 g/mol. The molecule has 0 fully saturated rings. The number of aromatic nitrogens is 1. The predicted molar refractivity (Wildman–Crippen MR) is 60.9 cm³/mol. The number of fused-ring (bicyclic) bond motifs is 1. The fourth-order valence-electron chi connectivity index (χ4n) is 1.60. The van der Waals surface area contributed by atoms with E-state index in [2.05, 4.69) is 24.9 Å². The van der Waals surface area contributed by atoms with Gasteiger partial charge in [-0.1, -0.05) is 18.5 Å². The lowest BCUT2D eigenvalue weighted by Gasteiger charge is -2.05. The molecule has 0 aliphatic rings. The quantitative estimate of drug-likeness (QED) is 0.691. The van der Waals surface area contributed by atoms with Crippen molar-refractivity contribution in [3.63, 3.8) is 0 Å². The summed E-state index contributed by atoms with van der Waals surface area (Å²) in [4.78, 5) is 4.29. The Bertz CT molecular complexity index is 477. The topological polar surface area (TPSA) is 12.9 Å². The van der Waals surface area contributed by atoms with Gasteiger partial charge in [-0.15, -0.1) is 0 Å². The Balaban J connectivity index is 2.83. The molecule has 0 aliphatic heterocycles. The van der Waals surface area contributed by atoms with E-state index >= 15 is 0 Å². The van der Waals surface area contributed by atoms with E-state index in [1.807, 2.05) is 12.1 Å². The maximum absolute atomic E-state index is 6.15. The second-order valence-electron chi connectivity index (χ2n) is 3.46. The first-order valence-electron chi connectivity index (χ1n) is 4.76. The predicted octanol–water partition coefficient (Wildman–Crippen LogP) is 3.76. The number of hydrogen-bond donors (Lipinski definition) is 0. The monoisotopic (exact) mass is 205 g/mol. The average molecular weight is 206 g/mol. The van der Waals surface area contributed by atoms with Crippen LogP contribution in [0.3, 0.4) is 0 Å². The van der Waals surface area contributed by atoms with E-state index in [0.29, 0.717) is 0 Å². The Kier molecular flexibility index (Phi) is 2.42. The standard InChI is InChI=1S/C12H12ClN/c1-3-9-6-10-8(2)4-5-14-12(10)11(13)7-9/h4-7H,3H2,1-2H3. The normalized spacial score (nSPS) is 10.8. The summed E-state index contributed by atoms with van der Waals surface area (Å²) in [6.07, 6.45) is 2.80. The Morgan fingerprint density at radius 2 is 2.14 bits per heavy atom. The van der Waals surface area contributed by atoms with Gasteiger partial charge in [-0.25, -0.2) is 0 Å².